The fourth-order valence-electron chi connectivity index (χ4n) is 3.15. The molecule has 1 aromatic rings. The Morgan fingerprint density at radius 3 is 2.86 bits per heavy atom. The van der Waals surface area contributed by atoms with E-state index in [4.69, 9.17) is 15.2 Å². The van der Waals surface area contributed by atoms with E-state index in [1.165, 1.54) is 0 Å². The first-order chi connectivity index (χ1) is 10.2. The average molecular weight is 327 g/mol. The fourth-order valence-corrected chi connectivity index (χ4v) is 3.15. The fraction of sp³-hybridized carbons (Fsp3) is 0.562. The van der Waals surface area contributed by atoms with Crippen molar-refractivity contribution in [3.05, 3.63) is 23.8 Å². The van der Waals surface area contributed by atoms with E-state index in [-0.39, 0.29) is 30.4 Å². The predicted octanol–water partition coefficient (Wildman–Crippen LogP) is 2.22. The van der Waals surface area contributed by atoms with Gasteiger partial charge in [0.1, 0.15) is 13.2 Å². The lowest BCUT2D eigenvalue weighted by molar-refractivity contribution is 0.0574. The van der Waals surface area contributed by atoms with Crippen molar-refractivity contribution in [2.24, 2.45) is 5.73 Å². The van der Waals surface area contributed by atoms with Crippen LogP contribution in [0, 0.1) is 0 Å². The van der Waals surface area contributed by atoms with Crippen molar-refractivity contribution in [2.45, 2.75) is 38.3 Å². The van der Waals surface area contributed by atoms with E-state index in [1.807, 2.05) is 30.0 Å². The van der Waals surface area contributed by atoms with Gasteiger partial charge in [0.25, 0.3) is 5.91 Å². The molecule has 2 atom stereocenters. The molecule has 2 heterocycles. The smallest absolute Gasteiger partial charge is 0.258 e. The normalized spacial score (nSPS) is 21.7. The van der Waals surface area contributed by atoms with E-state index in [9.17, 15) is 4.79 Å². The second-order valence-electron chi connectivity index (χ2n) is 5.75. The molecule has 5 nitrogen and oxygen atoms in total. The van der Waals surface area contributed by atoms with Crippen molar-refractivity contribution in [1.82, 2.24) is 4.90 Å². The Morgan fingerprint density at radius 1 is 1.32 bits per heavy atom. The highest BCUT2D eigenvalue weighted by molar-refractivity contribution is 5.98. The number of benzene rings is 1. The lowest BCUT2D eigenvalue weighted by Gasteiger charge is -2.38. The molecule has 22 heavy (non-hydrogen) atoms. The number of amides is 1. The molecule has 3 rings (SSSR count). The van der Waals surface area contributed by atoms with Gasteiger partial charge in [-0.3, -0.25) is 4.79 Å². The van der Waals surface area contributed by atoms with Gasteiger partial charge in [-0.15, -0.1) is 12.4 Å². The first kappa shape index (κ1) is 16.9. The summed E-state index contributed by atoms with van der Waals surface area (Å²) < 4.78 is 11.2. The Bertz CT molecular complexity index is 536. The molecular weight excluding hydrogens is 304 g/mol. The van der Waals surface area contributed by atoms with Crippen molar-refractivity contribution < 1.29 is 14.3 Å². The third-order valence-corrected chi connectivity index (χ3v) is 4.21. The molecule has 0 bridgehead atoms. The van der Waals surface area contributed by atoms with Crippen molar-refractivity contribution in [2.75, 3.05) is 19.8 Å². The number of piperidine rings is 1. The van der Waals surface area contributed by atoms with Crippen molar-refractivity contribution in [3.8, 4) is 11.5 Å². The minimum absolute atomic E-state index is 0. The van der Waals surface area contributed by atoms with Gasteiger partial charge in [0.15, 0.2) is 11.5 Å². The minimum atomic E-state index is -0.0223. The van der Waals surface area contributed by atoms with Gasteiger partial charge in [-0.2, -0.15) is 0 Å². The zero-order valence-corrected chi connectivity index (χ0v) is 13.6. The topological polar surface area (TPSA) is 64.8 Å². The van der Waals surface area contributed by atoms with E-state index in [0.29, 0.717) is 30.3 Å². The first-order valence-corrected chi connectivity index (χ1v) is 7.63. The largest absolute Gasteiger partial charge is 0.486 e. The summed E-state index contributed by atoms with van der Waals surface area (Å²) in [7, 11) is 0. The number of hydrogen-bond donors (Lipinski definition) is 1. The molecule has 122 valence electrons. The molecule has 2 unspecified atom stereocenters. The standard InChI is InChI=1S/C16H22N2O3.ClH/c1-11(17)13-6-2-3-8-18(13)16(19)12-5-4-7-14-15(12)21-10-9-20-14;/h4-5,7,11,13H,2-3,6,8-10,17H2,1H3;1H. The molecule has 0 aliphatic carbocycles. The predicted molar refractivity (Wildman–Crippen MR) is 87.0 cm³/mol. The van der Waals surface area contributed by atoms with Crippen LogP contribution in [0.15, 0.2) is 18.2 Å². The monoisotopic (exact) mass is 326 g/mol. The third kappa shape index (κ3) is 3.15. The van der Waals surface area contributed by atoms with Crippen LogP contribution in [0.3, 0.4) is 0 Å². The summed E-state index contributed by atoms with van der Waals surface area (Å²) in [6.07, 6.45) is 3.12. The molecule has 6 heteroatoms. The van der Waals surface area contributed by atoms with Gasteiger partial charge in [-0.1, -0.05) is 6.07 Å². The van der Waals surface area contributed by atoms with Crippen molar-refractivity contribution in [3.63, 3.8) is 0 Å². The number of hydrogen-bond acceptors (Lipinski definition) is 4. The molecule has 2 N–H and O–H groups in total. The van der Waals surface area contributed by atoms with E-state index in [1.54, 1.807) is 0 Å². The quantitative estimate of drug-likeness (QED) is 0.905. The number of likely N-dealkylation sites (tertiary alicyclic amines) is 1. The number of nitrogens with two attached hydrogens (primary N) is 1. The van der Waals surface area contributed by atoms with E-state index < -0.39 is 0 Å². The molecule has 1 amide bonds. The van der Waals surface area contributed by atoms with Crippen LogP contribution in [0.5, 0.6) is 11.5 Å². The molecule has 1 fully saturated rings. The number of carbonyl (C=O) groups excluding carboxylic acids is 1. The van der Waals surface area contributed by atoms with Gasteiger partial charge in [0.2, 0.25) is 0 Å². The Labute approximate surface area is 137 Å². The maximum atomic E-state index is 12.9. The molecule has 0 saturated carbocycles. The minimum Gasteiger partial charge on any atom is -0.486 e. The van der Waals surface area contributed by atoms with Crippen LogP contribution < -0.4 is 15.2 Å². The zero-order valence-electron chi connectivity index (χ0n) is 12.8. The first-order valence-electron chi connectivity index (χ1n) is 7.63. The van der Waals surface area contributed by atoms with Crippen LogP contribution in [-0.4, -0.2) is 42.6 Å². The highest BCUT2D eigenvalue weighted by atomic mass is 35.5. The lowest BCUT2D eigenvalue weighted by atomic mass is 9.96. The summed E-state index contributed by atoms with van der Waals surface area (Å²) in [4.78, 5) is 14.8. The van der Waals surface area contributed by atoms with Crippen LogP contribution in [0.4, 0.5) is 0 Å². The zero-order chi connectivity index (χ0) is 14.8. The third-order valence-electron chi connectivity index (χ3n) is 4.21. The number of para-hydroxylation sites is 1. The summed E-state index contributed by atoms with van der Waals surface area (Å²) >= 11 is 0. The number of nitrogens with zero attached hydrogens (tertiary/aromatic N) is 1. The lowest BCUT2D eigenvalue weighted by Crippen LogP contribution is -2.51. The van der Waals surface area contributed by atoms with Gasteiger partial charge >= 0.3 is 0 Å². The molecule has 1 saturated heterocycles. The second-order valence-corrected chi connectivity index (χ2v) is 5.75. The highest BCUT2D eigenvalue weighted by Crippen LogP contribution is 2.35. The molecule has 0 aromatic heterocycles. The van der Waals surface area contributed by atoms with Crippen molar-refractivity contribution >= 4 is 18.3 Å². The number of rotatable bonds is 2. The summed E-state index contributed by atoms with van der Waals surface area (Å²) in [5.74, 6) is 1.23. The van der Waals surface area contributed by atoms with Gasteiger partial charge in [0.05, 0.1) is 5.56 Å². The maximum Gasteiger partial charge on any atom is 0.258 e. The molecule has 1 aromatic carbocycles. The molecule has 2 aliphatic rings. The molecule has 2 aliphatic heterocycles. The average Bonchev–Trinajstić information content (AvgIpc) is 2.53. The SMILES string of the molecule is CC(N)C1CCCCN1C(=O)c1cccc2c1OCCO2.Cl. The van der Waals surface area contributed by atoms with Crippen LogP contribution >= 0.6 is 12.4 Å². The number of ether oxygens (including phenoxy) is 2. The Hall–Kier alpha value is -1.46. The summed E-state index contributed by atoms with van der Waals surface area (Å²) in [5, 5.41) is 0. The van der Waals surface area contributed by atoms with Crippen LogP contribution in [0.1, 0.15) is 36.5 Å². The Balaban J connectivity index is 0.00000176. The molecule has 0 spiro atoms. The molecular formula is C16H23ClN2O3. The van der Waals surface area contributed by atoms with Gasteiger partial charge < -0.3 is 20.1 Å². The number of carbonyl (C=O) groups is 1. The second kappa shape index (κ2) is 7.20. The van der Waals surface area contributed by atoms with Crippen LogP contribution in [0.25, 0.3) is 0 Å². The summed E-state index contributed by atoms with van der Waals surface area (Å²) in [6, 6.07) is 5.57. The van der Waals surface area contributed by atoms with E-state index in [0.717, 1.165) is 25.8 Å². The summed E-state index contributed by atoms with van der Waals surface area (Å²) in [6.45, 7) is 3.73. The molecule has 0 radical (unpaired) electrons. The van der Waals surface area contributed by atoms with Gasteiger partial charge in [-0.25, -0.2) is 0 Å². The van der Waals surface area contributed by atoms with Crippen LogP contribution in [0.2, 0.25) is 0 Å². The van der Waals surface area contributed by atoms with Crippen LogP contribution in [-0.2, 0) is 0 Å². The number of halogens is 1. The van der Waals surface area contributed by atoms with E-state index in [2.05, 4.69) is 0 Å². The Morgan fingerprint density at radius 2 is 2.09 bits per heavy atom. The van der Waals surface area contributed by atoms with E-state index >= 15 is 0 Å². The summed E-state index contributed by atoms with van der Waals surface area (Å²) in [5.41, 5.74) is 6.64. The highest BCUT2D eigenvalue weighted by Gasteiger charge is 2.32. The number of fused-ring (bicyclic) bond motifs is 1. The van der Waals surface area contributed by atoms with Crippen molar-refractivity contribution in [1.29, 1.82) is 0 Å². The van der Waals surface area contributed by atoms with Gasteiger partial charge in [-0.05, 0) is 38.3 Å². The van der Waals surface area contributed by atoms with Gasteiger partial charge in [0, 0.05) is 18.6 Å². The maximum absolute atomic E-state index is 12.9. The Kier molecular flexibility index (Phi) is 5.53.